The third kappa shape index (κ3) is 5.86. The first-order chi connectivity index (χ1) is 16.2. The van der Waals surface area contributed by atoms with Crippen LogP contribution < -0.4 is 16.5 Å². The number of nitrogens with one attached hydrogen (secondary N) is 2. The molecular weight excluding hydrogens is 508 g/mol. The highest BCUT2D eigenvalue weighted by atomic mass is 79.9. The molecule has 0 aliphatic carbocycles. The van der Waals surface area contributed by atoms with Crippen LogP contribution in [-0.2, 0) is 4.84 Å². The number of carbonyl (C=O) groups is 2. The fraction of sp³-hybridized carbons (Fsp3) is 0.120. The Balaban J connectivity index is 1.79. The average molecular weight is 530 g/mol. The van der Waals surface area contributed by atoms with Crippen molar-refractivity contribution in [3.05, 3.63) is 99.5 Å². The number of urea groups is 1. The second-order valence-corrected chi connectivity index (χ2v) is 8.52. The zero-order valence-electron chi connectivity index (χ0n) is 18.4. The van der Waals surface area contributed by atoms with Gasteiger partial charge in [0, 0.05) is 21.3 Å². The van der Waals surface area contributed by atoms with E-state index in [1.807, 2.05) is 43.4 Å². The highest BCUT2D eigenvalue weighted by molar-refractivity contribution is 9.10. The summed E-state index contributed by atoms with van der Waals surface area (Å²) < 4.78 is 28.4. The molecule has 0 saturated heterocycles. The molecule has 0 spiro atoms. The van der Waals surface area contributed by atoms with Crippen LogP contribution in [0, 0.1) is 17.6 Å². The van der Waals surface area contributed by atoms with Crippen LogP contribution in [0.25, 0.3) is 11.3 Å². The Labute approximate surface area is 203 Å². The number of anilines is 1. The molecule has 6 nitrogen and oxygen atoms in total. The Morgan fingerprint density at radius 1 is 0.912 bits per heavy atom. The van der Waals surface area contributed by atoms with Gasteiger partial charge in [-0.25, -0.2) is 13.6 Å². The number of amides is 3. The minimum absolute atomic E-state index is 0.0908. The van der Waals surface area contributed by atoms with Gasteiger partial charge in [0.05, 0.1) is 0 Å². The van der Waals surface area contributed by atoms with Crippen molar-refractivity contribution in [1.29, 1.82) is 0 Å². The lowest BCUT2D eigenvalue weighted by Gasteiger charge is -2.18. The number of nitrogens with two attached hydrogens (primary N) is 1. The lowest BCUT2D eigenvalue weighted by atomic mass is 9.92. The summed E-state index contributed by atoms with van der Waals surface area (Å²) in [7, 11) is 0. The molecule has 0 radical (unpaired) electrons. The molecule has 3 aromatic rings. The molecule has 3 aromatic carbocycles. The Hall–Kier alpha value is -3.56. The lowest BCUT2D eigenvalue weighted by molar-refractivity contribution is 0.0959. The maximum atomic E-state index is 13.7. The molecule has 3 rings (SSSR count). The quantitative estimate of drug-likeness (QED) is 0.204. The molecule has 3 amide bonds. The average Bonchev–Trinajstić information content (AvgIpc) is 2.78. The van der Waals surface area contributed by atoms with E-state index in [0.29, 0.717) is 17.0 Å². The Kier molecular flexibility index (Phi) is 8.14. The van der Waals surface area contributed by atoms with Gasteiger partial charge in [0.25, 0.3) is 5.91 Å². The summed E-state index contributed by atoms with van der Waals surface area (Å²) in [5.41, 5.74) is 2.01. The van der Waals surface area contributed by atoms with Gasteiger partial charge in [0.1, 0.15) is 17.2 Å². The van der Waals surface area contributed by atoms with Crippen LogP contribution in [0.2, 0.25) is 0 Å². The number of hydrogen-bond donors (Lipinski definition) is 3. The first-order valence-electron chi connectivity index (χ1n) is 10.2. The van der Waals surface area contributed by atoms with E-state index in [9.17, 15) is 18.4 Å². The highest BCUT2D eigenvalue weighted by Crippen LogP contribution is 2.33. The van der Waals surface area contributed by atoms with E-state index < -0.39 is 29.1 Å². The van der Waals surface area contributed by atoms with E-state index in [1.54, 1.807) is 24.3 Å². The number of benzene rings is 3. The number of carbonyl (C=O) groups excluding carboxylic acids is 2. The zero-order valence-corrected chi connectivity index (χ0v) is 20.0. The van der Waals surface area contributed by atoms with Gasteiger partial charge in [0.2, 0.25) is 0 Å². The lowest BCUT2D eigenvalue weighted by Crippen LogP contribution is -2.35. The van der Waals surface area contributed by atoms with Gasteiger partial charge in [-0.3, -0.25) is 10.1 Å². The number of halogens is 3. The Morgan fingerprint density at radius 3 is 2.00 bits per heavy atom. The molecule has 0 atom stereocenters. The largest absolute Gasteiger partial charge is 0.411 e. The van der Waals surface area contributed by atoms with E-state index >= 15 is 0 Å². The summed E-state index contributed by atoms with van der Waals surface area (Å²) in [5, 5.41) is 4.35. The van der Waals surface area contributed by atoms with Crippen molar-refractivity contribution in [3.8, 4) is 0 Å². The standard InChI is InChI=1S/C25H22BrF2N3O3/c1-14(2)21(15-6-10-17(26)11-7-15)23(34-29)16-8-12-18(13-9-16)30-25(33)31-24(32)22-19(27)4-3-5-20(22)28/h3-14H,29H2,1-2H3,(H2,30,31,32,33). The summed E-state index contributed by atoms with van der Waals surface area (Å²) in [6.07, 6.45) is 0. The van der Waals surface area contributed by atoms with Crippen LogP contribution in [-0.4, -0.2) is 11.9 Å². The third-order valence-corrected chi connectivity index (χ3v) is 5.45. The summed E-state index contributed by atoms with van der Waals surface area (Å²) in [6, 6.07) is 16.3. The molecule has 4 N–H and O–H groups in total. The topological polar surface area (TPSA) is 93.4 Å². The van der Waals surface area contributed by atoms with Crippen molar-refractivity contribution >= 4 is 44.9 Å². The van der Waals surface area contributed by atoms with Crippen LogP contribution in [0.15, 0.2) is 71.2 Å². The Morgan fingerprint density at radius 2 is 1.47 bits per heavy atom. The van der Waals surface area contributed by atoms with Gasteiger partial charge < -0.3 is 10.2 Å². The SMILES string of the molecule is CC(C)C(=C(ON)c1ccc(NC(=O)NC(=O)c2c(F)cccc2F)cc1)c1ccc(Br)cc1. The fourth-order valence-electron chi connectivity index (χ4n) is 3.39. The number of allylic oxidation sites excluding steroid dienone is 1. The van der Waals surface area contributed by atoms with Crippen LogP contribution in [0.5, 0.6) is 0 Å². The normalized spacial score (nSPS) is 11.6. The molecule has 9 heteroatoms. The third-order valence-electron chi connectivity index (χ3n) is 4.92. The molecular formula is C25H22BrF2N3O3. The molecule has 0 aliphatic heterocycles. The van der Waals surface area contributed by atoms with Crippen LogP contribution >= 0.6 is 15.9 Å². The molecule has 0 fully saturated rings. The maximum Gasteiger partial charge on any atom is 0.326 e. The molecule has 0 bridgehead atoms. The number of imide groups is 1. The summed E-state index contributed by atoms with van der Waals surface area (Å²) in [6.45, 7) is 4.04. The van der Waals surface area contributed by atoms with E-state index in [0.717, 1.165) is 33.8 Å². The summed E-state index contributed by atoms with van der Waals surface area (Å²) in [5.74, 6) is 2.85. The van der Waals surface area contributed by atoms with Gasteiger partial charge in [-0.15, -0.1) is 0 Å². The smallest absolute Gasteiger partial charge is 0.326 e. The molecule has 0 heterocycles. The highest BCUT2D eigenvalue weighted by Gasteiger charge is 2.20. The first-order valence-corrected chi connectivity index (χ1v) is 11.0. The molecule has 0 aromatic heterocycles. The number of hydrogen-bond acceptors (Lipinski definition) is 4. The monoisotopic (exact) mass is 529 g/mol. The van der Waals surface area contributed by atoms with Crippen molar-refractivity contribution < 1.29 is 23.2 Å². The van der Waals surface area contributed by atoms with Gasteiger partial charge in [-0.2, -0.15) is 5.90 Å². The van der Waals surface area contributed by atoms with E-state index in [1.165, 1.54) is 0 Å². The molecule has 0 aliphatic rings. The van der Waals surface area contributed by atoms with Gasteiger partial charge in [0.15, 0.2) is 5.76 Å². The predicted octanol–water partition coefficient (Wildman–Crippen LogP) is 6.10. The minimum atomic E-state index is -1.19. The van der Waals surface area contributed by atoms with Crippen molar-refractivity contribution in [2.24, 2.45) is 11.8 Å². The number of rotatable bonds is 6. The second-order valence-electron chi connectivity index (χ2n) is 7.60. The summed E-state index contributed by atoms with van der Waals surface area (Å²) in [4.78, 5) is 29.5. The fourth-order valence-corrected chi connectivity index (χ4v) is 3.66. The zero-order chi connectivity index (χ0) is 24.8. The molecule has 176 valence electrons. The first kappa shape index (κ1) is 25.1. The van der Waals surface area contributed by atoms with Crippen molar-refractivity contribution in [1.82, 2.24) is 5.32 Å². The van der Waals surface area contributed by atoms with Gasteiger partial charge in [-0.1, -0.05) is 48.0 Å². The van der Waals surface area contributed by atoms with Gasteiger partial charge in [-0.05, 0) is 60.0 Å². The van der Waals surface area contributed by atoms with E-state index in [4.69, 9.17) is 10.7 Å². The van der Waals surface area contributed by atoms with Crippen molar-refractivity contribution in [3.63, 3.8) is 0 Å². The maximum absolute atomic E-state index is 13.7. The van der Waals surface area contributed by atoms with Gasteiger partial charge >= 0.3 is 6.03 Å². The van der Waals surface area contributed by atoms with Crippen molar-refractivity contribution in [2.75, 3.05) is 5.32 Å². The molecule has 0 saturated carbocycles. The minimum Gasteiger partial charge on any atom is -0.411 e. The van der Waals surface area contributed by atoms with Crippen molar-refractivity contribution in [2.45, 2.75) is 13.8 Å². The second kappa shape index (κ2) is 11.0. The molecule has 34 heavy (non-hydrogen) atoms. The van der Waals surface area contributed by atoms with Crippen LogP contribution in [0.3, 0.4) is 0 Å². The van der Waals surface area contributed by atoms with E-state index in [-0.39, 0.29) is 5.92 Å². The van der Waals surface area contributed by atoms with Crippen LogP contribution in [0.1, 0.15) is 35.3 Å². The Bertz CT molecular complexity index is 1210. The molecule has 0 unspecified atom stereocenters. The summed E-state index contributed by atoms with van der Waals surface area (Å²) >= 11 is 3.42. The van der Waals surface area contributed by atoms with Crippen LogP contribution in [0.4, 0.5) is 19.3 Å². The predicted molar refractivity (Wildman–Crippen MR) is 130 cm³/mol. The van der Waals surface area contributed by atoms with E-state index in [2.05, 4.69) is 21.2 Å².